The predicted octanol–water partition coefficient (Wildman–Crippen LogP) is 21.9. The molecule has 20 rings (SSSR count). The summed E-state index contributed by atoms with van der Waals surface area (Å²) in [4.78, 5) is 13.3. The molecule has 0 spiro atoms. The van der Waals surface area contributed by atoms with Crippen LogP contribution in [0.15, 0.2) is 104 Å². The standard InChI is InChI=1S/2C26H40N2O.C25H36F2N2O.C25H38N2O2/c2*1-17(16-28-13-5-12-27-28)23-8-9-24-21-7-6-19-15-26(4,29)18(2)14-22(19)20(21)10-11-25(23,24)3;1-16(15-29-13-3-12-28-29)21-6-7-22-20-5-4-17-14-25(30,23(26)27)11-9-18(17)19(20)8-10-24(21,22)2;1-16-13-26-27(14-16)15-23(28)22-7-6-21-20-5-4-17-12-24(2,29)10-8-18(17)19(20)9-11-25(21,22)3/h2*5,12-13,18-24,29H,1,6-11,14-16H2,2-4H3;3,12-13,17-23,30H,1,4-11,14-15H2,2H3;13-14,17-22,29H,4-12,15H2,1-3H3/t18-,19+,20+,21-,22+,23-,24+,25-,26+;18-,19-,20-,21+,22-,23+,24-,25+,26-;17-,18+,19-,20-,21-,22+,24-,25-;17-,18+,19-,20-,21+,22-,24-,25+/m1011/s1. The van der Waals surface area contributed by atoms with Gasteiger partial charge in [-0.05, 0) is 439 Å². The van der Waals surface area contributed by atoms with Crippen molar-refractivity contribution in [1.82, 2.24) is 39.1 Å². The molecule has 4 aromatic heterocycles. The summed E-state index contributed by atoms with van der Waals surface area (Å²) >= 11 is 0. The maximum absolute atomic E-state index is 13.4. The fourth-order valence-corrected chi connectivity index (χ4v) is 34.2. The second-order valence-corrected chi connectivity index (χ2v) is 46.0. The summed E-state index contributed by atoms with van der Waals surface area (Å²) in [5.41, 5.74) is 3.54. The zero-order chi connectivity index (χ0) is 82.3. The van der Waals surface area contributed by atoms with E-state index in [0.717, 1.165) is 177 Å². The van der Waals surface area contributed by atoms with Gasteiger partial charge in [0.2, 0.25) is 0 Å². The van der Waals surface area contributed by atoms with Gasteiger partial charge in [0.05, 0.1) is 49.2 Å². The minimum Gasteiger partial charge on any atom is -0.390 e. The maximum Gasteiger partial charge on any atom is 0.266 e. The lowest BCUT2D eigenvalue weighted by Gasteiger charge is -2.58. The van der Waals surface area contributed by atoms with Crippen LogP contribution in [0.5, 0.6) is 0 Å². The van der Waals surface area contributed by atoms with Crippen LogP contribution in [0.3, 0.4) is 0 Å². The first-order valence-corrected chi connectivity index (χ1v) is 48.3. The molecule has 0 unspecified atom stereocenters. The van der Waals surface area contributed by atoms with Crippen molar-refractivity contribution in [2.24, 2.45) is 176 Å². The molecule has 117 heavy (non-hydrogen) atoms. The zero-order valence-corrected chi connectivity index (χ0v) is 74.0. The number of aryl methyl sites for hydroxylation is 1. The first-order chi connectivity index (χ1) is 55.7. The summed E-state index contributed by atoms with van der Waals surface area (Å²) in [6.45, 7) is 39.6. The van der Waals surface area contributed by atoms with Gasteiger partial charge in [-0.1, -0.05) is 78.0 Å². The third-order valence-corrected chi connectivity index (χ3v) is 40.2. The monoisotopic (exact) mass is 1610 g/mol. The molecular formula is C102H154F2N8O5. The van der Waals surface area contributed by atoms with Crippen molar-refractivity contribution in [1.29, 1.82) is 0 Å². The zero-order valence-electron chi connectivity index (χ0n) is 74.0. The molecule has 0 bridgehead atoms. The van der Waals surface area contributed by atoms with E-state index in [0.29, 0.717) is 76.4 Å². The number of Topliss-reactive ketones (excluding diaryl/α,β-unsaturated/α-hetero) is 1. The van der Waals surface area contributed by atoms with Crippen LogP contribution in [-0.4, -0.2) is 94.2 Å². The van der Waals surface area contributed by atoms with Crippen LogP contribution in [0.1, 0.15) is 286 Å². The minimum atomic E-state index is -2.61. The quantitative estimate of drug-likeness (QED) is 0.0952. The summed E-state index contributed by atoms with van der Waals surface area (Å²) in [5, 5.41) is 60.3. The lowest BCUT2D eigenvalue weighted by Crippen LogP contribution is -2.52. The highest BCUT2D eigenvalue weighted by Crippen LogP contribution is 2.71. The molecule has 15 heteroatoms. The lowest BCUT2D eigenvalue weighted by molar-refractivity contribution is -0.158. The molecule has 0 amide bonds. The number of allylic oxidation sites excluding steroid dienone is 3. The van der Waals surface area contributed by atoms with Gasteiger partial charge in [-0.2, -0.15) is 20.4 Å². The van der Waals surface area contributed by atoms with Gasteiger partial charge in [-0.3, -0.25) is 23.5 Å². The van der Waals surface area contributed by atoms with Crippen molar-refractivity contribution in [2.75, 3.05) is 0 Å². The third-order valence-electron chi connectivity index (χ3n) is 40.2. The number of carbonyl (C=O) groups is 1. The second kappa shape index (κ2) is 32.5. The van der Waals surface area contributed by atoms with Crippen LogP contribution >= 0.6 is 0 Å². The molecule has 0 radical (unpaired) electrons. The van der Waals surface area contributed by atoms with Gasteiger partial charge in [-0.25, -0.2) is 8.78 Å². The number of alkyl halides is 2. The molecule has 16 aliphatic carbocycles. The van der Waals surface area contributed by atoms with Gasteiger partial charge in [0.1, 0.15) is 5.60 Å². The van der Waals surface area contributed by atoms with E-state index in [1.165, 1.54) is 171 Å². The Morgan fingerprint density at radius 2 is 0.744 bits per heavy atom. The molecular weight excluding hydrogens is 1460 g/mol. The molecule has 4 N–H and O–H groups in total. The van der Waals surface area contributed by atoms with E-state index in [1.807, 2.05) is 88.0 Å². The molecule has 16 aliphatic rings. The Bertz CT molecular complexity index is 3980. The number of fused-ring (bicyclic) bond motifs is 20. The molecule has 4 heterocycles. The van der Waals surface area contributed by atoms with Crippen LogP contribution in [0.25, 0.3) is 0 Å². The van der Waals surface area contributed by atoms with Crippen LogP contribution in [0, 0.1) is 182 Å². The Balaban J connectivity index is 0.000000112. The Hall–Kier alpha value is -4.57. The third kappa shape index (κ3) is 15.7. The number of carbonyl (C=O) groups excluding carboxylic acids is 1. The second-order valence-electron chi connectivity index (χ2n) is 46.0. The summed E-state index contributed by atoms with van der Waals surface area (Å²) in [5.74, 6) is 18.9. The largest absolute Gasteiger partial charge is 0.390 e. The maximum atomic E-state index is 13.4. The first-order valence-electron chi connectivity index (χ1n) is 48.3. The van der Waals surface area contributed by atoms with E-state index >= 15 is 0 Å². The predicted molar refractivity (Wildman–Crippen MR) is 460 cm³/mol. The topological polar surface area (TPSA) is 169 Å². The average Bonchev–Trinajstić information content (AvgIpc) is 1.62. The summed E-state index contributed by atoms with van der Waals surface area (Å²) in [6.07, 6.45) is 53.1. The van der Waals surface area contributed by atoms with Gasteiger partial charge in [0, 0.05) is 49.3 Å². The highest BCUT2D eigenvalue weighted by molar-refractivity contribution is 5.82. The molecule has 0 aromatic carbocycles. The number of rotatable bonds is 13. The van der Waals surface area contributed by atoms with E-state index in [-0.39, 0.29) is 23.7 Å². The summed E-state index contributed by atoms with van der Waals surface area (Å²) in [7, 11) is 0. The number of aliphatic hydroxyl groups is 4. The van der Waals surface area contributed by atoms with Crippen molar-refractivity contribution in [3.8, 4) is 0 Å². The van der Waals surface area contributed by atoms with Gasteiger partial charge in [0.15, 0.2) is 5.78 Å². The Morgan fingerprint density at radius 1 is 0.402 bits per heavy atom. The molecule has 0 aliphatic heterocycles. The fraction of sp³-hybridized carbons (Fsp3) is 0.814. The smallest absolute Gasteiger partial charge is 0.266 e. The van der Waals surface area contributed by atoms with Gasteiger partial charge in [0.25, 0.3) is 6.43 Å². The highest BCUT2D eigenvalue weighted by Gasteiger charge is 2.64. The van der Waals surface area contributed by atoms with Crippen LogP contribution in [0.2, 0.25) is 0 Å². The number of aromatic nitrogens is 8. The van der Waals surface area contributed by atoms with Crippen LogP contribution < -0.4 is 0 Å². The van der Waals surface area contributed by atoms with Crippen molar-refractivity contribution < 1.29 is 34.0 Å². The number of nitrogens with zero attached hydrogens (tertiary/aromatic N) is 8. The van der Waals surface area contributed by atoms with E-state index in [1.54, 1.807) is 0 Å². The number of hydrogen-bond acceptors (Lipinski definition) is 9. The molecule has 646 valence electrons. The van der Waals surface area contributed by atoms with E-state index in [4.69, 9.17) is 0 Å². The van der Waals surface area contributed by atoms with E-state index in [9.17, 15) is 34.0 Å². The van der Waals surface area contributed by atoms with Crippen molar-refractivity contribution in [3.05, 3.63) is 110 Å². The molecule has 16 fully saturated rings. The molecule has 34 atom stereocenters. The number of ketones is 1. The van der Waals surface area contributed by atoms with Crippen molar-refractivity contribution in [2.45, 2.75) is 343 Å². The summed E-state index contributed by atoms with van der Waals surface area (Å²) in [6, 6.07) is 5.99. The van der Waals surface area contributed by atoms with Crippen LogP contribution in [-0.2, 0) is 31.0 Å². The van der Waals surface area contributed by atoms with E-state index in [2.05, 4.69) is 108 Å². The highest BCUT2D eigenvalue weighted by atomic mass is 19.3. The SMILES string of the molecule is C=C(Cn1cccn1)[C@H]1CC[C@H]2[C@@H]3CC[C@@H]4C[C@@](O)(C(F)F)CC[C@@H]4[C@H]3CC[C@]12C.C=C(Cn1cccn1)[C@H]1CC[C@H]2[C@@H]3CC[C@H]4C[C@](C)(O)[C@@H](C)C[C@@H]4[C@H]3CC[C@]12C.C=C(Cn1cccn1)[C@H]1CC[C@H]2[C@@H]3CC[C@H]4C[C@](C)(O)[C@H](C)C[C@@H]4[C@H]3CC[C@]12C.Cc1cnn(CC(=O)[C@H]2CC[C@H]3[C@@H]4CC[C@@H]5C[C@](C)(O)CC[C@@H]5[C@H]4CC[C@]23C)c1. The minimum absolute atomic E-state index is 0.188. The first kappa shape index (κ1) is 84.6. The molecule has 4 aromatic rings. The fourth-order valence-electron chi connectivity index (χ4n) is 34.2. The molecule has 0 saturated heterocycles. The van der Waals surface area contributed by atoms with Gasteiger partial charge < -0.3 is 20.4 Å². The van der Waals surface area contributed by atoms with Gasteiger partial charge >= 0.3 is 0 Å². The van der Waals surface area contributed by atoms with E-state index < -0.39 is 28.8 Å². The van der Waals surface area contributed by atoms with Gasteiger partial charge in [-0.15, -0.1) is 0 Å². The lowest BCUT2D eigenvalue weighted by atomic mass is 9.48. The Morgan fingerprint density at radius 3 is 1.10 bits per heavy atom. The molecule has 16 saturated carbocycles. The van der Waals surface area contributed by atoms with Crippen molar-refractivity contribution in [3.63, 3.8) is 0 Å². The number of halogens is 2. The Kier molecular flexibility index (Phi) is 23.5. The number of hydrogen-bond donors (Lipinski definition) is 4. The van der Waals surface area contributed by atoms with Crippen molar-refractivity contribution >= 4 is 5.78 Å². The average molecular weight is 1610 g/mol. The van der Waals surface area contributed by atoms with Crippen LogP contribution in [0.4, 0.5) is 8.78 Å². The normalized spacial score (nSPS) is 47.6. The Labute approximate surface area is 702 Å². The molecule has 13 nitrogen and oxygen atoms in total. The summed E-state index contributed by atoms with van der Waals surface area (Å²) < 4.78 is 34.7.